The zero-order chi connectivity index (χ0) is 17.8. The first-order valence-corrected chi connectivity index (χ1v) is 8.00. The fraction of sp³-hybridized carbons (Fsp3) is 0.0500. The highest BCUT2D eigenvalue weighted by Gasteiger charge is 2.20. The van der Waals surface area contributed by atoms with Crippen molar-refractivity contribution in [1.29, 1.82) is 0 Å². The Balaban J connectivity index is 2.01. The molecule has 0 saturated carbocycles. The van der Waals surface area contributed by atoms with Crippen LogP contribution in [0.2, 0.25) is 5.02 Å². The molecule has 3 aromatic carbocycles. The highest BCUT2D eigenvalue weighted by molar-refractivity contribution is 6.31. The van der Waals surface area contributed by atoms with Crippen LogP contribution in [-0.2, 0) is 0 Å². The zero-order valence-corrected chi connectivity index (χ0v) is 14.3. The molecule has 3 aromatic rings. The van der Waals surface area contributed by atoms with Crippen molar-refractivity contribution in [3.05, 3.63) is 83.4 Å². The summed E-state index contributed by atoms with van der Waals surface area (Å²) in [5.74, 6) is -0.205. The quantitative estimate of drug-likeness (QED) is 0.527. The van der Waals surface area contributed by atoms with Crippen molar-refractivity contribution >= 4 is 23.2 Å². The number of anilines is 1. The number of hydroxylamine groups is 1. The summed E-state index contributed by atoms with van der Waals surface area (Å²) < 4.78 is 5.29. The van der Waals surface area contributed by atoms with Gasteiger partial charge in [-0.15, -0.1) is 0 Å². The van der Waals surface area contributed by atoms with E-state index in [0.29, 0.717) is 15.8 Å². The van der Waals surface area contributed by atoms with Crippen LogP contribution in [0.1, 0.15) is 10.4 Å². The van der Waals surface area contributed by atoms with Gasteiger partial charge < -0.3 is 4.74 Å². The van der Waals surface area contributed by atoms with Gasteiger partial charge in [-0.05, 0) is 41.5 Å². The predicted molar refractivity (Wildman–Crippen MR) is 98.5 cm³/mol. The van der Waals surface area contributed by atoms with Crippen LogP contribution in [-0.4, -0.2) is 18.2 Å². The Bertz CT molecular complexity index is 896. The van der Waals surface area contributed by atoms with Gasteiger partial charge in [-0.3, -0.25) is 10.0 Å². The lowest BCUT2D eigenvalue weighted by atomic mass is 10.0. The van der Waals surface area contributed by atoms with E-state index in [1.165, 1.54) is 13.2 Å². The molecule has 0 unspecified atom stereocenters. The summed E-state index contributed by atoms with van der Waals surface area (Å²) in [6, 6.07) is 21.4. The van der Waals surface area contributed by atoms with Gasteiger partial charge in [0.2, 0.25) is 0 Å². The molecule has 0 fully saturated rings. The molecule has 0 aliphatic rings. The van der Waals surface area contributed by atoms with Crippen LogP contribution in [0.25, 0.3) is 11.1 Å². The average Bonchev–Trinajstić information content (AvgIpc) is 2.67. The summed E-state index contributed by atoms with van der Waals surface area (Å²) in [5.41, 5.74) is 2.36. The minimum Gasteiger partial charge on any atom is -0.494 e. The van der Waals surface area contributed by atoms with Crippen LogP contribution in [0.5, 0.6) is 5.75 Å². The molecule has 126 valence electrons. The first kappa shape index (κ1) is 17.0. The summed E-state index contributed by atoms with van der Waals surface area (Å²) in [7, 11) is 1.48. The second kappa shape index (κ2) is 7.38. The van der Waals surface area contributed by atoms with E-state index in [1.54, 1.807) is 30.3 Å². The average molecular weight is 354 g/mol. The number of methoxy groups -OCH3 is 1. The number of ether oxygens (including phenoxy) is 1. The first-order valence-electron chi connectivity index (χ1n) is 7.62. The molecule has 1 N–H and O–H groups in total. The Hall–Kier alpha value is -2.82. The fourth-order valence-electron chi connectivity index (χ4n) is 2.52. The lowest BCUT2D eigenvalue weighted by Gasteiger charge is -2.19. The van der Waals surface area contributed by atoms with E-state index in [-0.39, 0.29) is 11.3 Å². The smallest absolute Gasteiger partial charge is 0.282 e. The van der Waals surface area contributed by atoms with Crippen molar-refractivity contribution in [1.82, 2.24) is 0 Å². The van der Waals surface area contributed by atoms with E-state index in [1.807, 2.05) is 36.4 Å². The Morgan fingerprint density at radius 2 is 1.72 bits per heavy atom. The number of nitrogens with zero attached hydrogens (tertiary/aromatic N) is 1. The lowest BCUT2D eigenvalue weighted by molar-refractivity contribution is 0.0852. The predicted octanol–water partition coefficient (Wildman–Crippen LogP) is 5.05. The molecular formula is C20H16ClNO3. The number of carbonyl (C=O) groups is 1. The maximum Gasteiger partial charge on any atom is 0.282 e. The van der Waals surface area contributed by atoms with Crippen molar-refractivity contribution < 1.29 is 14.7 Å². The third-order valence-electron chi connectivity index (χ3n) is 3.78. The van der Waals surface area contributed by atoms with Gasteiger partial charge in [0.25, 0.3) is 5.91 Å². The number of halogens is 1. The zero-order valence-electron chi connectivity index (χ0n) is 13.5. The highest BCUT2D eigenvalue weighted by atomic mass is 35.5. The number of benzene rings is 3. The number of hydrogen-bond donors (Lipinski definition) is 1. The van der Waals surface area contributed by atoms with Crippen molar-refractivity contribution in [2.75, 3.05) is 12.2 Å². The molecule has 0 aliphatic carbocycles. The Kier molecular flexibility index (Phi) is 5.03. The van der Waals surface area contributed by atoms with Gasteiger partial charge >= 0.3 is 0 Å². The van der Waals surface area contributed by atoms with Crippen molar-refractivity contribution in [3.63, 3.8) is 0 Å². The second-order valence-corrected chi connectivity index (χ2v) is 5.82. The summed E-state index contributed by atoms with van der Waals surface area (Å²) in [6.45, 7) is 0. The maximum atomic E-state index is 12.6. The molecule has 0 atom stereocenters. The molecule has 25 heavy (non-hydrogen) atoms. The van der Waals surface area contributed by atoms with Crippen LogP contribution in [0.4, 0.5) is 5.69 Å². The molecule has 0 aliphatic heterocycles. The highest BCUT2D eigenvalue weighted by Crippen LogP contribution is 2.33. The van der Waals surface area contributed by atoms with Gasteiger partial charge in [0.15, 0.2) is 0 Å². The number of carbonyl (C=O) groups excluding carboxylic acids is 1. The van der Waals surface area contributed by atoms with Gasteiger partial charge in [0.05, 0.1) is 7.11 Å². The number of amides is 1. The van der Waals surface area contributed by atoms with Crippen molar-refractivity contribution in [2.45, 2.75) is 0 Å². The molecule has 0 radical (unpaired) electrons. The third kappa shape index (κ3) is 3.65. The first-order chi connectivity index (χ1) is 12.1. The largest absolute Gasteiger partial charge is 0.494 e. The lowest BCUT2D eigenvalue weighted by Crippen LogP contribution is -2.27. The SMILES string of the molecule is COc1ccc(-c2ccccc2)cc1N(O)C(=O)c1cccc(Cl)c1. The molecular weight excluding hydrogens is 338 g/mol. The summed E-state index contributed by atoms with van der Waals surface area (Å²) in [4.78, 5) is 12.6. The fourth-order valence-corrected chi connectivity index (χ4v) is 2.71. The Morgan fingerprint density at radius 3 is 2.40 bits per heavy atom. The number of rotatable bonds is 4. The van der Waals surface area contributed by atoms with Crippen LogP contribution >= 0.6 is 11.6 Å². The minimum absolute atomic E-state index is 0.258. The van der Waals surface area contributed by atoms with E-state index in [0.717, 1.165) is 11.1 Å². The van der Waals surface area contributed by atoms with E-state index < -0.39 is 5.91 Å². The van der Waals surface area contributed by atoms with Crippen LogP contribution in [0.3, 0.4) is 0 Å². The van der Waals surface area contributed by atoms with Crippen LogP contribution < -0.4 is 9.80 Å². The topological polar surface area (TPSA) is 49.8 Å². The Labute approximate surface area is 150 Å². The van der Waals surface area contributed by atoms with Gasteiger partial charge in [-0.25, -0.2) is 0 Å². The molecule has 1 amide bonds. The molecule has 0 saturated heterocycles. The summed E-state index contributed by atoms with van der Waals surface area (Å²) in [5, 5.41) is 11.5. The van der Waals surface area contributed by atoms with Crippen molar-refractivity contribution in [3.8, 4) is 16.9 Å². The van der Waals surface area contributed by atoms with E-state index in [2.05, 4.69) is 0 Å². The third-order valence-corrected chi connectivity index (χ3v) is 4.01. The summed E-state index contributed by atoms with van der Waals surface area (Å²) >= 11 is 5.93. The van der Waals surface area contributed by atoms with E-state index in [4.69, 9.17) is 16.3 Å². The Morgan fingerprint density at radius 1 is 0.960 bits per heavy atom. The molecule has 3 rings (SSSR count). The van der Waals surface area contributed by atoms with Crippen molar-refractivity contribution in [2.24, 2.45) is 0 Å². The second-order valence-electron chi connectivity index (χ2n) is 5.38. The van der Waals surface area contributed by atoms with E-state index >= 15 is 0 Å². The van der Waals surface area contributed by atoms with Crippen LogP contribution in [0, 0.1) is 0 Å². The molecule has 0 heterocycles. The van der Waals surface area contributed by atoms with E-state index in [9.17, 15) is 10.0 Å². The molecule has 0 bridgehead atoms. The van der Waals surface area contributed by atoms with Gasteiger partial charge in [-0.2, -0.15) is 5.06 Å². The van der Waals surface area contributed by atoms with Gasteiger partial charge in [-0.1, -0.05) is 54.1 Å². The maximum absolute atomic E-state index is 12.6. The minimum atomic E-state index is -0.592. The normalized spacial score (nSPS) is 10.4. The molecule has 0 aromatic heterocycles. The summed E-state index contributed by atoms with van der Waals surface area (Å²) in [6.07, 6.45) is 0. The molecule has 5 heteroatoms. The van der Waals surface area contributed by atoms with Crippen LogP contribution in [0.15, 0.2) is 72.8 Å². The standard InChI is InChI=1S/C20H16ClNO3/c1-25-19-11-10-15(14-6-3-2-4-7-14)13-18(19)22(24)20(23)16-8-5-9-17(21)12-16/h2-13,24H,1H3. The molecule has 0 spiro atoms. The van der Waals surface area contributed by atoms with Gasteiger partial charge in [0.1, 0.15) is 11.4 Å². The number of hydrogen-bond acceptors (Lipinski definition) is 3. The van der Waals surface area contributed by atoms with Gasteiger partial charge in [0, 0.05) is 10.6 Å². The molecule has 4 nitrogen and oxygen atoms in total. The monoisotopic (exact) mass is 353 g/mol.